The molecular formula is C23H23ClF2N5+. The molecule has 0 saturated carbocycles. The van der Waals surface area contributed by atoms with E-state index < -0.39 is 11.6 Å². The van der Waals surface area contributed by atoms with Crippen molar-refractivity contribution < 1.29 is 8.78 Å². The lowest BCUT2D eigenvalue weighted by molar-refractivity contribution is 0.500. The van der Waals surface area contributed by atoms with Crippen molar-refractivity contribution in [3.8, 4) is 11.1 Å². The molecule has 160 valence electrons. The number of fused-ring (bicyclic) bond motifs is 1. The summed E-state index contributed by atoms with van der Waals surface area (Å²) in [6.07, 6.45) is 5.92. The number of benzene rings is 2. The number of hydrogen-bond donors (Lipinski definition) is 1. The van der Waals surface area contributed by atoms with Crippen molar-refractivity contribution in [2.45, 2.75) is 38.8 Å². The minimum Gasteiger partial charge on any atom is -0.356 e. The zero-order chi connectivity index (χ0) is 22.0. The summed E-state index contributed by atoms with van der Waals surface area (Å²) in [5.41, 5.74) is 0.248. The molecule has 3 aromatic rings. The largest absolute Gasteiger partial charge is 0.515 e. The lowest BCUT2D eigenvalue weighted by Gasteiger charge is -2.30. The lowest BCUT2D eigenvalue weighted by atomic mass is 10.0. The predicted octanol–water partition coefficient (Wildman–Crippen LogP) is 5.10. The highest BCUT2D eigenvalue weighted by Gasteiger charge is 2.26. The Morgan fingerprint density at radius 2 is 1.94 bits per heavy atom. The summed E-state index contributed by atoms with van der Waals surface area (Å²) in [5.74, 6) is -0.564. The van der Waals surface area contributed by atoms with Crippen molar-refractivity contribution in [1.29, 1.82) is 0 Å². The molecule has 1 fully saturated rings. The van der Waals surface area contributed by atoms with E-state index in [1.807, 2.05) is 13.8 Å². The molecule has 1 aromatic heterocycles. The van der Waals surface area contributed by atoms with E-state index in [9.17, 15) is 4.39 Å². The van der Waals surface area contributed by atoms with E-state index in [0.717, 1.165) is 25.9 Å². The van der Waals surface area contributed by atoms with Crippen LogP contribution < -0.4 is 10.2 Å². The van der Waals surface area contributed by atoms with Crippen molar-refractivity contribution in [3.05, 3.63) is 53.3 Å². The highest BCUT2D eigenvalue weighted by Crippen LogP contribution is 2.38. The Labute approximate surface area is 185 Å². The average molecular weight is 443 g/mol. The zero-order valence-electron chi connectivity index (χ0n) is 17.4. The van der Waals surface area contributed by atoms with Gasteiger partial charge < -0.3 is 4.90 Å². The van der Waals surface area contributed by atoms with E-state index in [2.05, 4.69) is 31.5 Å². The van der Waals surface area contributed by atoms with Crippen LogP contribution in [0.15, 0.2) is 41.7 Å². The van der Waals surface area contributed by atoms with Crippen LogP contribution in [-0.4, -0.2) is 41.5 Å². The molecule has 0 amide bonds. The Balaban J connectivity index is 1.64. The van der Waals surface area contributed by atoms with Gasteiger partial charge in [0.15, 0.2) is 5.82 Å². The van der Waals surface area contributed by atoms with Crippen LogP contribution in [0.25, 0.3) is 22.0 Å². The number of nitrogens with zero attached hydrogens (tertiary/aromatic N) is 4. The molecule has 5 nitrogen and oxygen atoms in total. The van der Waals surface area contributed by atoms with E-state index in [-0.39, 0.29) is 27.7 Å². The van der Waals surface area contributed by atoms with E-state index in [1.54, 1.807) is 18.2 Å². The fourth-order valence-corrected chi connectivity index (χ4v) is 4.04. The third kappa shape index (κ3) is 4.43. The molecule has 31 heavy (non-hydrogen) atoms. The smallest absolute Gasteiger partial charge is 0.356 e. The Hall–Kier alpha value is -2.89. The topological polar surface area (TPSA) is 53.4 Å². The maximum atomic E-state index is 15.4. The molecule has 0 unspecified atom stereocenters. The van der Waals surface area contributed by atoms with Crippen molar-refractivity contribution in [1.82, 2.24) is 15.3 Å². The molecule has 0 spiro atoms. The van der Waals surface area contributed by atoms with E-state index in [0.29, 0.717) is 17.2 Å². The Morgan fingerprint density at radius 1 is 1.19 bits per heavy atom. The van der Waals surface area contributed by atoms with Crippen molar-refractivity contribution in [2.75, 3.05) is 18.0 Å². The van der Waals surface area contributed by atoms with Gasteiger partial charge >= 0.3 is 6.34 Å². The van der Waals surface area contributed by atoms with Crippen molar-refractivity contribution in [2.24, 2.45) is 4.99 Å². The number of aliphatic imine (C=N–C) groups is 1. The third-order valence-electron chi connectivity index (χ3n) is 5.31. The second-order valence-corrected chi connectivity index (χ2v) is 8.29. The van der Waals surface area contributed by atoms with Crippen LogP contribution in [0.5, 0.6) is 0 Å². The normalized spacial score (nSPS) is 15.1. The van der Waals surface area contributed by atoms with Crippen LogP contribution >= 0.6 is 11.6 Å². The average Bonchev–Trinajstić information content (AvgIpc) is 2.75. The summed E-state index contributed by atoms with van der Waals surface area (Å²) in [7, 11) is 0. The molecule has 2 aromatic carbocycles. The Bertz CT molecular complexity index is 1110. The molecule has 8 heteroatoms. The number of aromatic nitrogens is 2. The molecule has 0 radical (unpaired) electrons. The number of nitrogens with one attached hydrogen (secondary N) is 1. The number of hydrogen-bond acceptors (Lipinski definition) is 4. The van der Waals surface area contributed by atoms with Gasteiger partial charge in [-0.3, -0.25) is 0 Å². The second-order valence-electron chi connectivity index (χ2n) is 7.88. The summed E-state index contributed by atoms with van der Waals surface area (Å²) in [6, 6.07) is 8.09. The monoisotopic (exact) mass is 442 g/mol. The van der Waals surface area contributed by atoms with Gasteiger partial charge in [-0.2, -0.15) is 5.32 Å². The summed E-state index contributed by atoms with van der Waals surface area (Å²) in [6.45, 7) is 5.51. The molecule has 0 bridgehead atoms. The third-order valence-corrected chi connectivity index (χ3v) is 5.61. The molecule has 2 heterocycles. The van der Waals surface area contributed by atoms with Crippen molar-refractivity contribution >= 4 is 34.7 Å². The highest BCUT2D eigenvalue weighted by atomic mass is 35.5. The second kappa shape index (κ2) is 9.08. The first-order valence-corrected chi connectivity index (χ1v) is 10.7. The fraction of sp³-hybridized carbons (Fsp3) is 0.348. The minimum atomic E-state index is -0.648. The lowest BCUT2D eigenvalue weighted by Crippen LogP contribution is -2.36. The van der Waals surface area contributed by atoms with Crippen LogP contribution in [0.4, 0.5) is 14.6 Å². The highest BCUT2D eigenvalue weighted by molar-refractivity contribution is 6.34. The van der Waals surface area contributed by atoms with Crippen molar-refractivity contribution in [3.63, 3.8) is 0 Å². The van der Waals surface area contributed by atoms with Crippen LogP contribution in [0.2, 0.25) is 5.02 Å². The molecule has 1 aliphatic rings. The Morgan fingerprint density at radius 3 is 2.65 bits per heavy atom. The first-order valence-electron chi connectivity index (χ1n) is 10.3. The van der Waals surface area contributed by atoms with Gasteiger partial charge in [0.2, 0.25) is 0 Å². The molecule has 1 saturated heterocycles. The van der Waals surface area contributed by atoms with Crippen LogP contribution in [0.3, 0.4) is 0 Å². The molecule has 0 aliphatic carbocycles. The van der Waals surface area contributed by atoms with Gasteiger partial charge in [0, 0.05) is 29.6 Å². The zero-order valence-corrected chi connectivity index (χ0v) is 18.1. The van der Waals surface area contributed by atoms with E-state index in [4.69, 9.17) is 11.6 Å². The Kier molecular flexibility index (Phi) is 6.25. The van der Waals surface area contributed by atoms with Gasteiger partial charge in [-0.15, -0.1) is 0 Å². The SMILES string of the molecule is CC(C)N[C+]=NC1CCN(c2ncnc3c(F)c(-c4ccccc4F)c(Cl)cc23)CC1. The molecule has 1 aliphatic heterocycles. The van der Waals surface area contributed by atoms with Crippen LogP contribution in [-0.2, 0) is 0 Å². The molecule has 0 atom stereocenters. The first kappa shape index (κ1) is 21.3. The number of anilines is 1. The predicted molar refractivity (Wildman–Crippen MR) is 121 cm³/mol. The standard InChI is InChI=1S/C23H23ClF2N5/c1-14(2)27-12-28-15-7-9-31(10-8-15)23-17-11-18(24)20(16-5-3-4-6-19(16)25)21(26)22(17)29-13-30-23/h3-6,11,13-15H,7-10H2,1-2H3,(H,27,28)/q+1. The maximum Gasteiger partial charge on any atom is 0.515 e. The quantitative estimate of drug-likeness (QED) is 0.258. The maximum absolute atomic E-state index is 15.4. The number of piperidine rings is 1. The molecule has 4 rings (SSSR count). The van der Waals surface area contributed by atoms with Crippen LogP contribution in [0, 0.1) is 11.6 Å². The fourth-order valence-electron chi connectivity index (χ4n) is 3.74. The summed E-state index contributed by atoms with van der Waals surface area (Å²) in [5, 5.41) is 3.70. The van der Waals surface area contributed by atoms with E-state index in [1.165, 1.54) is 18.5 Å². The summed E-state index contributed by atoms with van der Waals surface area (Å²) >= 11 is 6.42. The van der Waals surface area contributed by atoms with E-state index >= 15 is 4.39 Å². The van der Waals surface area contributed by atoms with Gasteiger partial charge in [-0.05, 0) is 43.8 Å². The van der Waals surface area contributed by atoms with Gasteiger partial charge in [0.25, 0.3) is 0 Å². The van der Waals surface area contributed by atoms with Gasteiger partial charge in [0.1, 0.15) is 29.5 Å². The molecule has 1 N–H and O–H groups in total. The number of rotatable bonds is 5. The first-order chi connectivity index (χ1) is 15.0. The van der Waals surface area contributed by atoms with Crippen LogP contribution in [0.1, 0.15) is 26.7 Å². The molecular weight excluding hydrogens is 420 g/mol. The number of halogens is 3. The van der Waals surface area contributed by atoms with Gasteiger partial charge in [-0.25, -0.2) is 18.7 Å². The van der Waals surface area contributed by atoms with Gasteiger partial charge in [-0.1, -0.05) is 29.8 Å². The minimum absolute atomic E-state index is 0.0122. The summed E-state index contributed by atoms with van der Waals surface area (Å²) in [4.78, 5) is 15.1. The summed E-state index contributed by atoms with van der Waals surface area (Å²) < 4.78 is 29.7. The van der Waals surface area contributed by atoms with Gasteiger partial charge in [0.05, 0.1) is 11.1 Å².